The molecular weight excluding hydrogens is 249 g/mol. The summed E-state index contributed by atoms with van der Waals surface area (Å²) in [6.07, 6.45) is 1.72. The van der Waals surface area contributed by atoms with Crippen molar-refractivity contribution < 1.29 is 4.39 Å². The van der Waals surface area contributed by atoms with E-state index in [-0.39, 0.29) is 11.2 Å². The van der Waals surface area contributed by atoms with Crippen molar-refractivity contribution in [3.05, 3.63) is 34.6 Å². The van der Waals surface area contributed by atoms with Crippen LogP contribution in [0.5, 0.6) is 0 Å². The molecule has 0 amide bonds. The van der Waals surface area contributed by atoms with Gasteiger partial charge >= 0.3 is 0 Å². The van der Waals surface area contributed by atoms with E-state index in [1.54, 1.807) is 12.1 Å². The lowest BCUT2D eigenvalue weighted by atomic mass is 9.82. The van der Waals surface area contributed by atoms with Crippen molar-refractivity contribution in [3.8, 4) is 0 Å². The predicted octanol–water partition coefficient (Wildman–Crippen LogP) is 4.44. The maximum Gasteiger partial charge on any atom is 0.126 e. The largest absolute Gasteiger partial charge is 0.315 e. The average molecular weight is 272 g/mol. The summed E-state index contributed by atoms with van der Waals surface area (Å²) in [7, 11) is 0. The van der Waals surface area contributed by atoms with E-state index in [9.17, 15) is 4.39 Å². The highest BCUT2D eigenvalue weighted by atomic mass is 35.5. The average Bonchev–Trinajstić information content (AvgIpc) is 2.22. The fourth-order valence-electron chi connectivity index (χ4n) is 1.98. The molecule has 0 atom stereocenters. The van der Waals surface area contributed by atoms with Gasteiger partial charge in [0.05, 0.1) is 0 Å². The molecule has 1 rings (SSSR count). The fourth-order valence-corrected chi connectivity index (χ4v) is 2.18. The minimum atomic E-state index is -0.163. The van der Waals surface area contributed by atoms with E-state index < -0.39 is 0 Å². The summed E-state index contributed by atoms with van der Waals surface area (Å²) in [5, 5.41) is 3.99. The molecule has 1 nitrogen and oxygen atoms in total. The first-order valence-corrected chi connectivity index (χ1v) is 6.85. The Hall–Kier alpha value is -0.600. The van der Waals surface area contributed by atoms with Crippen LogP contribution in [0, 0.1) is 11.2 Å². The van der Waals surface area contributed by atoms with Gasteiger partial charge in [0.25, 0.3) is 0 Å². The molecule has 0 aromatic heterocycles. The molecule has 0 bridgehead atoms. The molecule has 0 fully saturated rings. The maximum atomic E-state index is 13.7. The summed E-state index contributed by atoms with van der Waals surface area (Å²) in [5.41, 5.74) is 0.769. The molecule has 18 heavy (non-hydrogen) atoms. The first kappa shape index (κ1) is 15.5. The van der Waals surface area contributed by atoms with Crippen molar-refractivity contribution in [1.29, 1.82) is 0 Å². The van der Waals surface area contributed by atoms with Gasteiger partial charge in [-0.15, -0.1) is 0 Å². The van der Waals surface area contributed by atoms with Gasteiger partial charge in [-0.05, 0) is 48.6 Å². The summed E-state index contributed by atoms with van der Waals surface area (Å²) in [5.74, 6) is -0.163. The molecule has 0 heterocycles. The fraction of sp³-hybridized carbons (Fsp3) is 0.600. The van der Waals surface area contributed by atoms with Gasteiger partial charge in [-0.3, -0.25) is 0 Å². The molecule has 3 heteroatoms. The van der Waals surface area contributed by atoms with Crippen LogP contribution in [0.3, 0.4) is 0 Å². The SMILES string of the molecule is CC(C)NCCC(C)(C)Cc1cc(Cl)ccc1F. The van der Waals surface area contributed by atoms with E-state index in [0.717, 1.165) is 13.0 Å². The quantitative estimate of drug-likeness (QED) is 0.807. The number of hydrogen-bond acceptors (Lipinski definition) is 1. The van der Waals surface area contributed by atoms with E-state index in [1.165, 1.54) is 6.07 Å². The van der Waals surface area contributed by atoms with Crippen molar-refractivity contribution >= 4 is 11.6 Å². The van der Waals surface area contributed by atoms with E-state index in [1.807, 2.05) is 0 Å². The summed E-state index contributed by atoms with van der Waals surface area (Å²) < 4.78 is 13.7. The molecule has 0 spiro atoms. The minimum Gasteiger partial charge on any atom is -0.315 e. The Kier molecular flexibility index (Phi) is 5.61. The van der Waals surface area contributed by atoms with Gasteiger partial charge in [-0.1, -0.05) is 39.3 Å². The molecule has 0 aliphatic heterocycles. The van der Waals surface area contributed by atoms with Gasteiger partial charge in [-0.2, -0.15) is 0 Å². The van der Waals surface area contributed by atoms with Crippen LogP contribution in [0.4, 0.5) is 4.39 Å². The summed E-state index contributed by atoms with van der Waals surface area (Å²) in [6.45, 7) is 9.53. The number of rotatable bonds is 6. The van der Waals surface area contributed by atoms with E-state index in [0.29, 0.717) is 23.0 Å². The predicted molar refractivity (Wildman–Crippen MR) is 76.7 cm³/mol. The summed E-state index contributed by atoms with van der Waals surface area (Å²) in [4.78, 5) is 0. The Bertz CT molecular complexity index is 388. The molecule has 0 unspecified atom stereocenters. The summed E-state index contributed by atoms with van der Waals surface area (Å²) in [6, 6.07) is 5.26. The lowest BCUT2D eigenvalue weighted by Gasteiger charge is -2.25. The first-order valence-electron chi connectivity index (χ1n) is 6.47. The Morgan fingerprint density at radius 3 is 2.61 bits per heavy atom. The van der Waals surface area contributed by atoms with Crippen molar-refractivity contribution in [3.63, 3.8) is 0 Å². The second kappa shape index (κ2) is 6.53. The number of benzene rings is 1. The molecule has 0 radical (unpaired) electrons. The first-order chi connectivity index (χ1) is 8.30. The molecule has 0 saturated carbocycles. The molecule has 1 N–H and O–H groups in total. The van der Waals surface area contributed by atoms with Gasteiger partial charge in [0.15, 0.2) is 0 Å². The van der Waals surface area contributed by atoms with Crippen molar-refractivity contribution in [2.24, 2.45) is 5.41 Å². The van der Waals surface area contributed by atoms with Crippen LogP contribution in [0.25, 0.3) is 0 Å². The zero-order chi connectivity index (χ0) is 13.8. The molecule has 0 aliphatic rings. The molecular formula is C15H23ClFN. The third-order valence-electron chi connectivity index (χ3n) is 3.03. The Morgan fingerprint density at radius 1 is 1.33 bits per heavy atom. The third-order valence-corrected chi connectivity index (χ3v) is 3.27. The molecule has 1 aromatic rings. The molecule has 0 aliphatic carbocycles. The second-order valence-electron chi connectivity index (χ2n) is 5.94. The van der Waals surface area contributed by atoms with Gasteiger partial charge in [0.2, 0.25) is 0 Å². The highest BCUT2D eigenvalue weighted by molar-refractivity contribution is 6.30. The lowest BCUT2D eigenvalue weighted by Crippen LogP contribution is -2.28. The van der Waals surface area contributed by atoms with Crippen molar-refractivity contribution in [2.75, 3.05) is 6.54 Å². The number of halogens is 2. The Labute approximate surface area is 115 Å². The minimum absolute atomic E-state index is 0.0629. The van der Waals surface area contributed by atoms with Crippen LogP contribution in [0.1, 0.15) is 39.7 Å². The normalized spacial score (nSPS) is 12.2. The second-order valence-corrected chi connectivity index (χ2v) is 6.37. The van der Waals surface area contributed by atoms with Crippen molar-refractivity contribution in [1.82, 2.24) is 5.32 Å². The molecule has 102 valence electrons. The van der Waals surface area contributed by atoms with Crippen molar-refractivity contribution in [2.45, 2.75) is 46.6 Å². The Morgan fingerprint density at radius 2 is 2.00 bits per heavy atom. The van der Waals surface area contributed by atoms with Gasteiger partial charge in [0.1, 0.15) is 5.82 Å². The van der Waals surface area contributed by atoms with Gasteiger partial charge < -0.3 is 5.32 Å². The third kappa shape index (κ3) is 5.36. The van der Waals surface area contributed by atoms with Crippen LogP contribution < -0.4 is 5.32 Å². The number of nitrogens with one attached hydrogen (secondary N) is 1. The Balaban J connectivity index is 2.61. The topological polar surface area (TPSA) is 12.0 Å². The summed E-state index contributed by atoms with van der Waals surface area (Å²) >= 11 is 5.91. The highest BCUT2D eigenvalue weighted by Crippen LogP contribution is 2.28. The van der Waals surface area contributed by atoms with E-state index in [2.05, 4.69) is 33.0 Å². The van der Waals surface area contributed by atoms with Crippen LogP contribution in [0.15, 0.2) is 18.2 Å². The highest BCUT2D eigenvalue weighted by Gasteiger charge is 2.20. The molecule has 0 saturated heterocycles. The van der Waals surface area contributed by atoms with Crippen LogP contribution in [0.2, 0.25) is 5.02 Å². The monoisotopic (exact) mass is 271 g/mol. The zero-order valence-electron chi connectivity index (χ0n) is 11.7. The van der Waals surface area contributed by atoms with E-state index >= 15 is 0 Å². The van der Waals surface area contributed by atoms with Gasteiger partial charge in [-0.25, -0.2) is 4.39 Å². The van der Waals surface area contributed by atoms with Gasteiger partial charge in [0, 0.05) is 11.1 Å². The number of hydrogen-bond donors (Lipinski definition) is 1. The van der Waals surface area contributed by atoms with Crippen LogP contribution in [-0.4, -0.2) is 12.6 Å². The van der Waals surface area contributed by atoms with Crippen LogP contribution >= 0.6 is 11.6 Å². The van der Waals surface area contributed by atoms with E-state index in [4.69, 9.17) is 11.6 Å². The smallest absolute Gasteiger partial charge is 0.126 e. The molecule has 1 aromatic carbocycles. The maximum absolute atomic E-state index is 13.7. The van der Waals surface area contributed by atoms with Crippen LogP contribution in [-0.2, 0) is 6.42 Å². The zero-order valence-corrected chi connectivity index (χ0v) is 12.4. The standard InChI is InChI=1S/C15H23ClFN/c1-11(2)18-8-7-15(3,4)10-12-9-13(16)5-6-14(12)17/h5-6,9,11,18H,7-8,10H2,1-4H3. The lowest BCUT2D eigenvalue weighted by molar-refractivity contribution is 0.316.